The fourth-order valence-corrected chi connectivity index (χ4v) is 3.32. The summed E-state index contributed by atoms with van der Waals surface area (Å²) in [5.74, 6) is 0. The van der Waals surface area contributed by atoms with E-state index in [1.165, 1.54) is 4.31 Å². The summed E-state index contributed by atoms with van der Waals surface area (Å²) in [7, 11) is -1.99. The smallest absolute Gasteiger partial charge is 0.244 e. The van der Waals surface area contributed by atoms with Crippen LogP contribution in [0, 0.1) is 0 Å². The van der Waals surface area contributed by atoms with E-state index in [2.05, 4.69) is 4.98 Å². The lowest BCUT2D eigenvalue weighted by atomic mass is 10.3. The van der Waals surface area contributed by atoms with Crippen LogP contribution in [0.3, 0.4) is 0 Å². The van der Waals surface area contributed by atoms with Crippen LogP contribution in [0.1, 0.15) is 18.3 Å². The van der Waals surface area contributed by atoms with Gasteiger partial charge in [0, 0.05) is 38.2 Å². The molecular weight excluding hydrogens is 288 g/mol. The molecule has 114 valence electrons. The van der Waals surface area contributed by atoms with Crippen molar-refractivity contribution in [1.82, 2.24) is 13.9 Å². The summed E-state index contributed by atoms with van der Waals surface area (Å²) < 4.78 is 28.3. The highest BCUT2D eigenvalue weighted by Gasteiger charge is 2.23. The molecule has 0 aromatic carbocycles. The first-order valence-electron chi connectivity index (χ1n) is 6.74. The van der Waals surface area contributed by atoms with E-state index in [9.17, 15) is 8.42 Å². The second-order valence-electron chi connectivity index (χ2n) is 4.74. The molecule has 0 unspecified atom stereocenters. The zero-order valence-corrected chi connectivity index (χ0v) is 13.0. The van der Waals surface area contributed by atoms with Crippen molar-refractivity contribution in [1.29, 1.82) is 0 Å². The van der Waals surface area contributed by atoms with Gasteiger partial charge in [-0.15, -0.1) is 0 Å². The van der Waals surface area contributed by atoms with Gasteiger partial charge in [-0.25, -0.2) is 8.42 Å². The molecule has 0 radical (unpaired) electrons. The summed E-state index contributed by atoms with van der Waals surface area (Å²) in [6, 6.07) is 7.07. The van der Waals surface area contributed by atoms with Gasteiger partial charge in [-0.2, -0.15) is 4.31 Å². The predicted octanol–water partition coefficient (Wildman–Crippen LogP) is 1.18. The molecule has 0 aliphatic heterocycles. The monoisotopic (exact) mass is 308 g/mol. The Hall–Kier alpha value is -1.70. The van der Waals surface area contributed by atoms with Gasteiger partial charge in [0.15, 0.2) is 0 Å². The van der Waals surface area contributed by atoms with Gasteiger partial charge in [-0.05, 0) is 25.1 Å². The van der Waals surface area contributed by atoms with Crippen LogP contribution in [0.2, 0.25) is 0 Å². The Morgan fingerprint density at radius 2 is 2.14 bits per heavy atom. The predicted molar refractivity (Wildman–Crippen MR) is 80.9 cm³/mol. The molecule has 7 heteroatoms. The van der Waals surface area contributed by atoms with Gasteiger partial charge in [0.2, 0.25) is 10.0 Å². The van der Waals surface area contributed by atoms with Crippen molar-refractivity contribution in [2.45, 2.75) is 31.5 Å². The molecule has 0 amide bonds. The van der Waals surface area contributed by atoms with Crippen LogP contribution in [-0.4, -0.2) is 29.3 Å². The number of sulfonamides is 1. The van der Waals surface area contributed by atoms with E-state index < -0.39 is 10.0 Å². The lowest BCUT2D eigenvalue weighted by Gasteiger charge is -2.15. The number of aromatic nitrogens is 2. The number of nitrogens with zero attached hydrogens (tertiary/aromatic N) is 3. The molecule has 21 heavy (non-hydrogen) atoms. The second kappa shape index (κ2) is 6.38. The molecule has 2 N–H and O–H groups in total. The van der Waals surface area contributed by atoms with E-state index >= 15 is 0 Å². The minimum atomic E-state index is -3.54. The number of aryl methyl sites for hydroxylation is 1. The summed E-state index contributed by atoms with van der Waals surface area (Å²) in [6.07, 6.45) is 3.28. The van der Waals surface area contributed by atoms with Gasteiger partial charge < -0.3 is 10.3 Å². The van der Waals surface area contributed by atoms with E-state index in [-0.39, 0.29) is 11.4 Å². The third-order valence-corrected chi connectivity index (χ3v) is 5.10. The van der Waals surface area contributed by atoms with Gasteiger partial charge in [0.25, 0.3) is 0 Å². The normalized spacial score (nSPS) is 12.0. The van der Waals surface area contributed by atoms with E-state index in [0.29, 0.717) is 18.8 Å². The molecule has 2 aromatic heterocycles. The first kappa shape index (κ1) is 15.7. The van der Waals surface area contributed by atoms with Crippen LogP contribution in [0.15, 0.2) is 41.6 Å². The van der Waals surface area contributed by atoms with Crippen molar-refractivity contribution in [2.24, 2.45) is 5.73 Å². The Labute approximate surface area is 125 Å². The van der Waals surface area contributed by atoms with Gasteiger partial charge in [-0.1, -0.05) is 6.07 Å². The van der Waals surface area contributed by atoms with Gasteiger partial charge in [-0.3, -0.25) is 4.98 Å². The molecule has 0 saturated heterocycles. The fourth-order valence-electron chi connectivity index (χ4n) is 2.12. The first-order valence-corrected chi connectivity index (χ1v) is 8.18. The minimum Gasteiger partial charge on any atom is -0.349 e. The van der Waals surface area contributed by atoms with Crippen LogP contribution in [0.4, 0.5) is 0 Å². The number of hydrogen-bond acceptors (Lipinski definition) is 4. The molecule has 6 nitrogen and oxygen atoms in total. The zero-order chi connectivity index (χ0) is 15.5. The Balaban J connectivity index is 2.26. The van der Waals surface area contributed by atoms with Crippen LogP contribution in [0.25, 0.3) is 0 Å². The highest BCUT2D eigenvalue weighted by molar-refractivity contribution is 7.89. The van der Waals surface area contributed by atoms with Crippen LogP contribution < -0.4 is 5.73 Å². The maximum atomic E-state index is 12.6. The maximum Gasteiger partial charge on any atom is 0.244 e. The molecule has 0 aliphatic carbocycles. The Morgan fingerprint density at radius 1 is 1.38 bits per heavy atom. The molecule has 0 spiro atoms. The third kappa shape index (κ3) is 3.31. The number of pyridine rings is 1. The molecule has 2 rings (SSSR count). The van der Waals surface area contributed by atoms with Gasteiger partial charge >= 0.3 is 0 Å². The van der Waals surface area contributed by atoms with Crippen LogP contribution in [0.5, 0.6) is 0 Å². The number of nitrogens with two attached hydrogens (primary N) is 1. The van der Waals surface area contributed by atoms with Gasteiger partial charge in [0.05, 0.1) is 12.2 Å². The lowest BCUT2D eigenvalue weighted by Crippen LogP contribution is -2.26. The Kier molecular flexibility index (Phi) is 4.76. The molecule has 0 fully saturated rings. The highest BCUT2D eigenvalue weighted by Crippen LogP contribution is 2.19. The minimum absolute atomic E-state index is 0.235. The zero-order valence-electron chi connectivity index (χ0n) is 12.2. The lowest BCUT2D eigenvalue weighted by molar-refractivity contribution is 0.462. The topological polar surface area (TPSA) is 81.2 Å². The average molecular weight is 308 g/mol. The molecule has 0 atom stereocenters. The van der Waals surface area contributed by atoms with Crippen molar-refractivity contribution in [2.75, 3.05) is 7.05 Å². The van der Waals surface area contributed by atoms with Crippen molar-refractivity contribution < 1.29 is 8.42 Å². The number of hydrogen-bond donors (Lipinski definition) is 1. The molecular formula is C14H20N4O2S. The molecule has 0 saturated carbocycles. The Morgan fingerprint density at radius 3 is 2.67 bits per heavy atom. The van der Waals surface area contributed by atoms with Crippen molar-refractivity contribution in [3.63, 3.8) is 0 Å². The molecule has 0 aliphatic rings. The SMILES string of the molecule is CCn1cc(S(=O)(=O)N(C)Cc2ccccn2)cc1CN. The largest absolute Gasteiger partial charge is 0.349 e. The third-order valence-electron chi connectivity index (χ3n) is 3.33. The molecule has 0 bridgehead atoms. The van der Waals surface area contributed by atoms with Crippen molar-refractivity contribution in [3.05, 3.63) is 48.0 Å². The number of rotatable bonds is 6. The molecule has 2 heterocycles. The summed E-state index contributed by atoms with van der Waals surface area (Å²) in [6.45, 7) is 3.19. The van der Waals surface area contributed by atoms with Gasteiger partial charge in [0.1, 0.15) is 4.90 Å². The summed E-state index contributed by atoms with van der Waals surface area (Å²) in [5.41, 5.74) is 7.16. The van der Waals surface area contributed by atoms with E-state index in [1.54, 1.807) is 37.6 Å². The Bertz CT molecular complexity index is 674. The summed E-state index contributed by atoms with van der Waals surface area (Å²) in [4.78, 5) is 4.42. The summed E-state index contributed by atoms with van der Waals surface area (Å²) >= 11 is 0. The van der Waals surface area contributed by atoms with Crippen LogP contribution in [-0.2, 0) is 29.7 Å². The van der Waals surface area contributed by atoms with E-state index in [1.807, 2.05) is 17.6 Å². The fraction of sp³-hybridized carbons (Fsp3) is 0.357. The highest BCUT2D eigenvalue weighted by atomic mass is 32.2. The van der Waals surface area contributed by atoms with Crippen molar-refractivity contribution in [3.8, 4) is 0 Å². The second-order valence-corrected chi connectivity index (χ2v) is 6.78. The van der Waals surface area contributed by atoms with E-state index in [4.69, 9.17) is 5.73 Å². The van der Waals surface area contributed by atoms with Crippen LogP contribution >= 0.6 is 0 Å². The quantitative estimate of drug-likeness (QED) is 0.869. The van der Waals surface area contributed by atoms with Crippen molar-refractivity contribution >= 4 is 10.0 Å². The maximum absolute atomic E-state index is 12.6. The summed E-state index contributed by atoms with van der Waals surface area (Å²) in [5, 5.41) is 0. The van der Waals surface area contributed by atoms with E-state index in [0.717, 1.165) is 5.69 Å². The first-order chi connectivity index (χ1) is 9.98. The standard InChI is InChI=1S/C14H20N4O2S/c1-3-18-11-14(8-13(18)9-15)21(19,20)17(2)10-12-6-4-5-7-16-12/h4-8,11H,3,9-10,15H2,1-2H3. The molecule has 2 aromatic rings. The average Bonchev–Trinajstić information content (AvgIpc) is 2.92.